The molecule has 1 aliphatic rings. The molecule has 1 fully saturated rings. The summed E-state index contributed by atoms with van der Waals surface area (Å²) in [7, 11) is 0. The number of nitrogens with two attached hydrogens (primary N) is 1. The standard InChI is InChI=1S/C13H18N4O2/c14-9-10-3-1-2-4-11(10)16-12(18)5-7-17-8-6-15-13(17)19/h1-4H,5-9,14H2,(H,15,19)(H,16,18). The predicted molar refractivity (Wildman–Crippen MR) is 72.6 cm³/mol. The molecule has 102 valence electrons. The zero-order valence-electron chi connectivity index (χ0n) is 10.7. The molecule has 1 aliphatic heterocycles. The van der Waals surface area contributed by atoms with Crippen molar-refractivity contribution in [2.45, 2.75) is 13.0 Å². The van der Waals surface area contributed by atoms with Gasteiger partial charge in [0, 0.05) is 38.3 Å². The molecule has 2 rings (SSSR count). The molecule has 1 heterocycles. The average Bonchev–Trinajstić information content (AvgIpc) is 2.82. The lowest BCUT2D eigenvalue weighted by Crippen LogP contribution is -2.31. The van der Waals surface area contributed by atoms with Crippen molar-refractivity contribution in [3.8, 4) is 0 Å². The van der Waals surface area contributed by atoms with Gasteiger partial charge in [-0.3, -0.25) is 4.79 Å². The molecule has 0 atom stereocenters. The molecule has 1 aromatic rings. The number of hydrogen-bond donors (Lipinski definition) is 3. The molecule has 0 aliphatic carbocycles. The maximum absolute atomic E-state index is 11.8. The van der Waals surface area contributed by atoms with E-state index < -0.39 is 0 Å². The fourth-order valence-electron chi connectivity index (χ4n) is 1.99. The SMILES string of the molecule is NCc1ccccc1NC(=O)CCN1CCNC1=O. The molecule has 0 saturated carbocycles. The van der Waals surface area contributed by atoms with Gasteiger partial charge in [-0.15, -0.1) is 0 Å². The minimum Gasteiger partial charge on any atom is -0.336 e. The van der Waals surface area contributed by atoms with Crippen LogP contribution >= 0.6 is 0 Å². The lowest BCUT2D eigenvalue weighted by Gasteiger charge is -2.14. The molecule has 4 N–H and O–H groups in total. The summed E-state index contributed by atoms with van der Waals surface area (Å²) in [6.07, 6.45) is 0.284. The monoisotopic (exact) mass is 262 g/mol. The van der Waals surface area contributed by atoms with Crippen molar-refractivity contribution in [3.63, 3.8) is 0 Å². The van der Waals surface area contributed by atoms with Crippen LogP contribution < -0.4 is 16.4 Å². The zero-order chi connectivity index (χ0) is 13.7. The number of carbonyl (C=O) groups excluding carboxylic acids is 2. The number of amides is 3. The van der Waals surface area contributed by atoms with Crippen molar-refractivity contribution in [1.82, 2.24) is 10.2 Å². The molecular formula is C13H18N4O2. The highest BCUT2D eigenvalue weighted by atomic mass is 16.2. The number of nitrogens with one attached hydrogen (secondary N) is 2. The Hall–Kier alpha value is -2.08. The minimum atomic E-state index is -0.111. The quantitative estimate of drug-likeness (QED) is 0.722. The Bertz CT molecular complexity index is 475. The van der Waals surface area contributed by atoms with Crippen molar-refractivity contribution in [3.05, 3.63) is 29.8 Å². The predicted octanol–water partition coefficient (Wildman–Crippen LogP) is 0.499. The van der Waals surface area contributed by atoms with Gasteiger partial charge in [0.15, 0.2) is 0 Å². The molecule has 0 bridgehead atoms. The second-order valence-electron chi connectivity index (χ2n) is 4.38. The first-order chi connectivity index (χ1) is 9.20. The van der Waals surface area contributed by atoms with E-state index in [0.717, 1.165) is 11.3 Å². The number of para-hydroxylation sites is 1. The van der Waals surface area contributed by atoms with E-state index in [1.165, 1.54) is 0 Å². The van der Waals surface area contributed by atoms with Crippen LogP contribution in [-0.4, -0.2) is 36.5 Å². The van der Waals surface area contributed by atoms with Gasteiger partial charge in [-0.2, -0.15) is 0 Å². The van der Waals surface area contributed by atoms with E-state index in [1.54, 1.807) is 4.90 Å². The van der Waals surface area contributed by atoms with Gasteiger partial charge in [0.1, 0.15) is 0 Å². The van der Waals surface area contributed by atoms with Crippen LogP contribution in [0.25, 0.3) is 0 Å². The smallest absolute Gasteiger partial charge is 0.317 e. The Balaban J connectivity index is 1.85. The van der Waals surface area contributed by atoms with Crippen LogP contribution in [-0.2, 0) is 11.3 Å². The van der Waals surface area contributed by atoms with E-state index >= 15 is 0 Å². The van der Waals surface area contributed by atoms with Crippen molar-refractivity contribution in [2.75, 3.05) is 25.0 Å². The number of anilines is 1. The molecule has 6 nitrogen and oxygen atoms in total. The Morgan fingerprint density at radius 2 is 2.21 bits per heavy atom. The van der Waals surface area contributed by atoms with E-state index in [9.17, 15) is 9.59 Å². The summed E-state index contributed by atoms with van der Waals surface area (Å²) in [4.78, 5) is 24.8. The van der Waals surface area contributed by atoms with Gasteiger partial charge in [0.25, 0.3) is 0 Å². The van der Waals surface area contributed by atoms with E-state index in [1.807, 2.05) is 24.3 Å². The van der Waals surface area contributed by atoms with Gasteiger partial charge in [-0.25, -0.2) is 4.79 Å². The normalized spacial score (nSPS) is 14.4. The van der Waals surface area contributed by atoms with Crippen molar-refractivity contribution >= 4 is 17.6 Å². The fraction of sp³-hybridized carbons (Fsp3) is 0.385. The van der Waals surface area contributed by atoms with E-state index in [0.29, 0.717) is 26.2 Å². The van der Waals surface area contributed by atoms with Crippen molar-refractivity contribution < 1.29 is 9.59 Å². The average molecular weight is 262 g/mol. The maximum Gasteiger partial charge on any atom is 0.317 e. The summed E-state index contributed by atoms with van der Waals surface area (Å²) in [6.45, 7) is 2.12. The number of hydrogen-bond acceptors (Lipinski definition) is 3. The van der Waals surface area contributed by atoms with Gasteiger partial charge in [0.2, 0.25) is 5.91 Å². The Morgan fingerprint density at radius 1 is 1.42 bits per heavy atom. The zero-order valence-corrected chi connectivity index (χ0v) is 10.7. The first kappa shape index (κ1) is 13.4. The van der Waals surface area contributed by atoms with Crippen LogP contribution in [0, 0.1) is 0 Å². The number of rotatable bonds is 5. The van der Waals surface area contributed by atoms with Crippen LogP contribution in [0.2, 0.25) is 0 Å². The summed E-state index contributed by atoms with van der Waals surface area (Å²) in [5.41, 5.74) is 7.24. The van der Waals surface area contributed by atoms with Crippen LogP contribution in [0.15, 0.2) is 24.3 Å². The first-order valence-corrected chi connectivity index (χ1v) is 6.31. The number of urea groups is 1. The second kappa shape index (κ2) is 6.19. The van der Waals surface area contributed by atoms with Crippen LogP contribution in [0.1, 0.15) is 12.0 Å². The molecule has 6 heteroatoms. The highest BCUT2D eigenvalue weighted by Crippen LogP contribution is 2.14. The topological polar surface area (TPSA) is 87.5 Å². The molecule has 3 amide bonds. The lowest BCUT2D eigenvalue weighted by molar-refractivity contribution is -0.116. The third-order valence-corrected chi connectivity index (χ3v) is 3.07. The number of nitrogens with zero attached hydrogens (tertiary/aromatic N) is 1. The van der Waals surface area contributed by atoms with Crippen molar-refractivity contribution in [1.29, 1.82) is 0 Å². The van der Waals surface area contributed by atoms with E-state index in [-0.39, 0.29) is 18.4 Å². The van der Waals surface area contributed by atoms with Crippen LogP contribution in [0.4, 0.5) is 10.5 Å². The summed E-state index contributed by atoms with van der Waals surface area (Å²) in [5.74, 6) is -0.111. The third-order valence-electron chi connectivity index (χ3n) is 3.07. The number of carbonyl (C=O) groups is 2. The highest BCUT2D eigenvalue weighted by Gasteiger charge is 2.19. The molecular weight excluding hydrogens is 244 g/mol. The Labute approximate surface area is 112 Å². The summed E-state index contributed by atoms with van der Waals surface area (Å²) >= 11 is 0. The molecule has 0 unspecified atom stereocenters. The Kier molecular flexibility index (Phi) is 4.35. The highest BCUT2D eigenvalue weighted by molar-refractivity contribution is 5.92. The second-order valence-corrected chi connectivity index (χ2v) is 4.38. The van der Waals surface area contributed by atoms with E-state index in [4.69, 9.17) is 5.73 Å². The molecule has 0 radical (unpaired) electrons. The van der Waals surface area contributed by atoms with Crippen LogP contribution in [0.3, 0.4) is 0 Å². The Morgan fingerprint density at radius 3 is 2.89 bits per heavy atom. The minimum absolute atomic E-state index is 0.102. The van der Waals surface area contributed by atoms with Gasteiger partial charge in [-0.1, -0.05) is 18.2 Å². The van der Waals surface area contributed by atoms with Crippen molar-refractivity contribution in [2.24, 2.45) is 5.73 Å². The van der Waals surface area contributed by atoms with Gasteiger partial charge < -0.3 is 21.3 Å². The molecule has 1 aromatic carbocycles. The first-order valence-electron chi connectivity index (χ1n) is 6.31. The fourth-order valence-corrected chi connectivity index (χ4v) is 1.99. The molecule has 1 saturated heterocycles. The summed E-state index contributed by atoms with van der Waals surface area (Å²) in [5, 5.41) is 5.52. The molecule has 19 heavy (non-hydrogen) atoms. The lowest BCUT2D eigenvalue weighted by atomic mass is 10.1. The summed E-state index contributed by atoms with van der Waals surface area (Å²) < 4.78 is 0. The molecule has 0 aromatic heterocycles. The van der Waals surface area contributed by atoms with Gasteiger partial charge >= 0.3 is 6.03 Å². The largest absolute Gasteiger partial charge is 0.336 e. The van der Waals surface area contributed by atoms with Crippen LogP contribution in [0.5, 0.6) is 0 Å². The number of benzene rings is 1. The molecule has 0 spiro atoms. The third kappa shape index (κ3) is 3.45. The van der Waals surface area contributed by atoms with Gasteiger partial charge in [0.05, 0.1) is 0 Å². The maximum atomic E-state index is 11.8. The van der Waals surface area contributed by atoms with E-state index in [2.05, 4.69) is 10.6 Å². The summed E-state index contributed by atoms with van der Waals surface area (Å²) in [6, 6.07) is 7.33. The van der Waals surface area contributed by atoms with Gasteiger partial charge in [-0.05, 0) is 11.6 Å².